The van der Waals surface area contributed by atoms with Crippen LogP contribution in [0.4, 0.5) is 0 Å². The molecule has 0 bridgehead atoms. The SMILES string of the molecule is CC1CCCC(N(C)CCCCc2nc(CCl)cs2)C1. The van der Waals surface area contributed by atoms with Crippen LogP contribution in [0.25, 0.3) is 0 Å². The maximum Gasteiger partial charge on any atom is 0.0928 e. The number of thiazole rings is 1. The lowest BCUT2D eigenvalue weighted by atomic mass is 9.86. The van der Waals surface area contributed by atoms with Crippen molar-refractivity contribution in [3.8, 4) is 0 Å². The number of hydrogen-bond acceptors (Lipinski definition) is 3. The highest BCUT2D eigenvalue weighted by Gasteiger charge is 2.21. The summed E-state index contributed by atoms with van der Waals surface area (Å²) in [6.45, 7) is 3.63. The van der Waals surface area contributed by atoms with Crippen molar-refractivity contribution in [2.45, 2.75) is 63.8 Å². The molecule has 0 N–H and O–H groups in total. The van der Waals surface area contributed by atoms with E-state index in [-0.39, 0.29) is 0 Å². The van der Waals surface area contributed by atoms with Gasteiger partial charge in [-0.15, -0.1) is 22.9 Å². The molecule has 0 aromatic carbocycles. The third-order valence-electron chi connectivity index (χ3n) is 4.42. The molecule has 2 unspecified atom stereocenters. The van der Waals surface area contributed by atoms with E-state index < -0.39 is 0 Å². The monoisotopic (exact) mass is 314 g/mol. The Morgan fingerprint density at radius 1 is 1.40 bits per heavy atom. The molecule has 0 saturated heterocycles. The van der Waals surface area contributed by atoms with E-state index in [1.807, 2.05) is 0 Å². The fraction of sp³-hybridized carbons (Fsp3) is 0.812. The zero-order valence-electron chi connectivity index (χ0n) is 12.8. The Hall–Kier alpha value is -0.120. The molecule has 1 heterocycles. The Bertz CT molecular complexity index is 394. The van der Waals surface area contributed by atoms with Crippen molar-refractivity contribution in [2.24, 2.45) is 5.92 Å². The van der Waals surface area contributed by atoms with Gasteiger partial charge in [-0.05, 0) is 51.6 Å². The second kappa shape index (κ2) is 8.35. The summed E-state index contributed by atoms with van der Waals surface area (Å²) in [5, 5.41) is 3.33. The lowest BCUT2D eigenvalue weighted by molar-refractivity contribution is 0.162. The molecule has 4 heteroatoms. The molecular formula is C16H27ClN2S. The van der Waals surface area contributed by atoms with Gasteiger partial charge >= 0.3 is 0 Å². The van der Waals surface area contributed by atoms with Gasteiger partial charge in [-0.2, -0.15) is 0 Å². The first-order valence-corrected chi connectivity index (χ1v) is 9.30. The van der Waals surface area contributed by atoms with Crippen molar-refractivity contribution in [2.75, 3.05) is 13.6 Å². The van der Waals surface area contributed by atoms with E-state index in [0.717, 1.165) is 24.1 Å². The zero-order valence-corrected chi connectivity index (χ0v) is 14.3. The number of hydrogen-bond donors (Lipinski definition) is 0. The first kappa shape index (κ1) is 16.3. The number of nitrogens with zero attached hydrogens (tertiary/aromatic N) is 2. The summed E-state index contributed by atoms with van der Waals surface area (Å²) in [4.78, 5) is 7.10. The van der Waals surface area contributed by atoms with E-state index in [2.05, 4.69) is 29.2 Å². The standard InChI is InChI=1S/C16H27ClN2S/c1-13-6-5-7-15(10-13)19(2)9-4-3-8-16-18-14(11-17)12-20-16/h12-13,15H,3-11H2,1-2H3. The van der Waals surface area contributed by atoms with Gasteiger partial charge in [0.2, 0.25) is 0 Å². The fourth-order valence-corrected chi connectivity index (χ4v) is 4.22. The van der Waals surface area contributed by atoms with Crippen LogP contribution in [-0.4, -0.2) is 29.5 Å². The quantitative estimate of drug-likeness (QED) is 0.535. The Kier molecular flexibility index (Phi) is 6.79. The summed E-state index contributed by atoms with van der Waals surface area (Å²) in [5.41, 5.74) is 1.03. The molecule has 2 atom stereocenters. The minimum absolute atomic E-state index is 0.541. The number of aryl methyl sites for hydroxylation is 1. The summed E-state index contributed by atoms with van der Waals surface area (Å²) in [6.07, 6.45) is 9.25. The Morgan fingerprint density at radius 3 is 2.95 bits per heavy atom. The molecule has 1 aliphatic carbocycles. The predicted octanol–water partition coefficient (Wildman–Crippen LogP) is 4.72. The summed E-state index contributed by atoms with van der Waals surface area (Å²) in [7, 11) is 2.30. The molecule has 1 aliphatic rings. The van der Waals surface area contributed by atoms with Crippen molar-refractivity contribution in [1.82, 2.24) is 9.88 Å². The van der Waals surface area contributed by atoms with Gasteiger partial charge in [0.05, 0.1) is 16.6 Å². The third kappa shape index (κ3) is 5.01. The molecule has 0 amide bonds. The van der Waals surface area contributed by atoms with E-state index in [0.29, 0.717) is 5.88 Å². The first-order chi connectivity index (χ1) is 9.69. The maximum absolute atomic E-state index is 5.78. The van der Waals surface area contributed by atoms with Crippen LogP contribution >= 0.6 is 22.9 Å². The van der Waals surface area contributed by atoms with E-state index in [1.165, 1.54) is 50.1 Å². The second-order valence-electron chi connectivity index (χ2n) is 6.23. The minimum Gasteiger partial charge on any atom is -0.303 e. The van der Waals surface area contributed by atoms with Gasteiger partial charge < -0.3 is 4.90 Å². The van der Waals surface area contributed by atoms with E-state index in [9.17, 15) is 0 Å². The number of halogens is 1. The van der Waals surface area contributed by atoms with Gasteiger partial charge in [-0.3, -0.25) is 0 Å². The highest BCUT2D eigenvalue weighted by Crippen LogP contribution is 2.26. The molecule has 0 spiro atoms. The van der Waals surface area contributed by atoms with Crippen LogP contribution in [0.15, 0.2) is 5.38 Å². The average Bonchev–Trinajstić information content (AvgIpc) is 2.91. The summed E-state index contributed by atoms with van der Waals surface area (Å²) in [6, 6.07) is 0.821. The summed E-state index contributed by atoms with van der Waals surface area (Å²) < 4.78 is 0. The Morgan fingerprint density at radius 2 is 2.25 bits per heavy atom. The van der Waals surface area contributed by atoms with E-state index in [4.69, 9.17) is 11.6 Å². The van der Waals surface area contributed by atoms with Gasteiger partial charge in [0.25, 0.3) is 0 Å². The summed E-state index contributed by atoms with van der Waals surface area (Å²) in [5.74, 6) is 1.46. The van der Waals surface area contributed by atoms with Crippen LogP contribution in [-0.2, 0) is 12.3 Å². The van der Waals surface area contributed by atoms with E-state index >= 15 is 0 Å². The van der Waals surface area contributed by atoms with Crippen LogP contribution in [0.1, 0.15) is 56.2 Å². The second-order valence-corrected chi connectivity index (χ2v) is 7.44. The number of rotatable bonds is 7. The highest BCUT2D eigenvalue weighted by atomic mass is 35.5. The van der Waals surface area contributed by atoms with Crippen LogP contribution in [0.5, 0.6) is 0 Å². The van der Waals surface area contributed by atoms with Gasteiger partial charge in [0, 0.05) is 11.4 Å². The number of unbranched alkanes of at least 4 members (excludes halogenated alkanes) is 1. The first-order valence-electron chi connectivity index (χ1n) is 7.88. The molecule has 2 nitrogen and oxygen atoms in total. The zero-order chi connectivity index (χ0) is 14.4. The average molecular weight is 315 g/mol. The molecule has 1 aromatic rings. The molecular weight excluding hydrogens is 288 g/mol. The van der Waals surface area contributed by atoms with Crippen molar-refractivity contribution in [3.05, 3.63) is 16.1 Å². The minimum atomic E-state index is 0.541. The van der Waals surface area contributed by atoms with Crippen LogP contribution < -0.4 is 0 Å². The number of aromatic nitrogens is 1. The van der Waals surface area contributed by atoms with E-state index in [1.54, 1.807) is 11.3 Å². The van der Waals surface area contributed by atoms with Gasteiger partial charge in [0.1, 0.15) is 0 Å². The lowest BCUT2D eigenvalue weighted by Crippen LogP contribution is -2.36. The Labute approximate surface area is 132 Å². The van der Waals surface area contributed by atoms with Crippen molar-refractivity contribution < 1.29 is 0 Å². The third-order valence-corrected chi connectivity index (χ3v) is 5.65. The Balaban J connectivity index is 1.62. The molecule has 114 valence electrons. The topological polar surface area (TPSA) is 16.1 Å². The molecule has 1 aromatic heterocycles. The number of alkyl halides is 1. The van der Waals surface area contributed by atoms with Crippen LogP contribution in [0.3, 0.4) is 0 Å². The van der Waals surface area contributed by atoms with Crippen LogP contribution in [0.2, 0.25) is 0 Å². The maximum atomic E-state index is 5.78. The normalized spacial score (nSPS) is 23.4. The van der Waals surface area contributed by atoms with Gasteiger partial charge in [0.15, 0.2) is 0 Å². The highest BCUT2D eigenvalue weighted by molar-refractivity contribution is 7.09. The molecule has 0 aliphatic heterocycles. The smallest absolute Gasteiger partial charge is 0.0928 e. The molecule has 1 saturated carbocycles. The fourth-order valence-electron chi connectivity index (χ4n) is 3.15. The van der Waals surface area contributed by atoms with Crippen LogP contribution in [0, 0.1) is 5.92 Å². The molecule has 0 radical (unpaired) electrons. The molecule has 20 heavy (non-hydrogen) atoms. The largest absolute Gasteiger partial charge is 0.303 e. The molecule has 1 fully saturated rings. The van der Waals surface area contributed by atoms with Gasteiger partial charge in [-0.25, -0.2) is 4.98 Å². The van der Waals surface area contributed by atoms with Crippen molar-refractivity contribution in [3.63, 3.8) is 0 Å². The van der Waals surface area contributed by atoms with Gasteiger partial charge in [-0.1, -0.05) is 19.8 Å². The van der Waals surface area contributed by atoms with Crippen molar-refractivity contribution >= 4 is 22.9 Å². The van der Waals surface area contributed by atoms with Crippen molar-refractivity contribution in [1.29, 1.82) is 0 Å². The predicted molar refractivity (Wildman–Crippen MR) is 88.7 cm³/mol. The molecule has 2 rings (SSSR count). The summed E-state index contributed by atoms with van der Waals surface area (Å²) >= 11 is 7.53. The lowest BCUT2D eigenvalue weighted by Gasteiger charge is -2.34.